The van der Waals surface area contributed by atoms with Crippen LogP contribution in [0.3, 0.4) is 0 Å². The highest BCUT2D eigenvalue weighted by Gasteiger charge is 2.60. The molecule has 0 aromatic carbocycles. The monoisotopic (exact) mass is 668 g/mol. The molecule has 4 saturated carbocycles. The van der Waals surface area contributed by atoms with Crippen LogP contribution in [-0.2, 0) is 9.53 Å². The van der Waals surface area contributed by atoms with E-state index in [1.54, 1.807) is 0 Å². The van der Waals surface area contributed by atoms with Crippen LogP contribution in [0.1, 0.15) is 214 Å². The van der Waals surface area contributed by atoms with Crippen LogP contribution in [0.2, 0.25) is 0 Å². The van der Waals surface area contributed by atoms with Crippen molar-refractivity contribution in [2.75, 3.05) is 0 Å². The molecule has 0 saturated heterocycles. The van der Waals surface area contributed by atoms with Gasteiger partial charge in [-0.05, 0) is 136 Å². The van der Waals surface area contributed by atoms with E-state index in [4.69, 9.17) is 10.5 Å². The normalized spacial score (nSPS) is 33.0. The van der Waals surface area contributed by atoms with Crippen LogP contribution >= 0.6 is 0 Å². The van der Waals surface area contributed by atoms with Gasteiger partial charge in [-0.3, -0.25) is 4.79 Å². The van der Waals surface area contributed by atoms with Crippen LogP contribution in [0.5, 0.6) is 0 Å². The van der Waals surface area contributed by atoms with E-state index in [2.05, 4.69) is 34.6 Å². The number of hydrogen-bond donors (Lipinski definition) is 1. The van der Waals surface area contributed by atoms with Crippen LogP contribution in [-0.4, -0.2) is 12.0 Å². The molecule has 0 aromatic heterocycles. The third-order valence-electron chi connectivity index (χ3n) is 15.1. The molecule has 0 spiro atoms. The second-order valence-corrected chi connectivity index (χ2v) is 18.4. The summed E-state index contributed by atoms with van der Waals surface area (Å²) >= 11 is 0. The standard InChI is InChI=1S/C45H81NO2/c1-6-7-8-9-10-11-12-13-14-15-16-17-18-19-26-42(43(46)47)48-34-35(2)23-22-24-36(3)39-29-30-40-38-28-27-37-25-20-21-32-44(37,4)41(38)31-33-45(39,40)5/h34,36-42H,6-33H2,1-5H3,(H2,46,47)/t36-,37?,38+,39-,40+,41+,42?,44+,45-/m1/s1. The number of unbranched alkanes of at least 4 members (excludes halogenated alkanes) is 13. The van der Waals surface area contributed by atoms with Gasteiger partial charge in [0.1, 0.15) is 0 Å². The van der Waals surface area contributed by atoms with Crippen molar-refractivity contribution in [1.29, 1.82) is 0 Å². The summed E-state index contributed by atoms with van der Waals surface area (Å²) in [4.78, 5) is 12.1. The Bertz CT molecular complexity index is 959. The summed E-state index contributed by atoms with van der Waals surface area (Å²) in [6.45, 7) is 12.5. The molecule has 3 heteroatoms. The Hall–Kier alpha value is -0.990. The Morgan fingerprint density at radius 2 is 1.35 bits per heavy atom. The predicted octanol–water partition coefficient (Wildman–Crippen LogP) is 13.5. The first-order valence-electron chi connectivity index (χ1n) is 21.8. The number of primary amides is 1. The smallest absolute Gasteiger partial charge is 0.258 e. The van der Waals surface area contributed by atoms with E-state index in [9.17, 15) is 4.79 Å². The van der Waals surface area contributed by atoms with Gasteiger partial charge < -0.3 is 10.5 Å². The van der Waals surface area contributed by atoms with Crippen molar-refractivity contribution < 1.29 is 9.53 Å². The molecule has 2 N–H and O–H groups in total. The number of fused-ring (bicyclic) bond motifs is 5. The van der Waals surface area contributed by atoms with Gasteiger partial charge in [0.2, 0.25) is 0 Å². The van der Waals surface area contributed by atoms with E-state index >= 15 is 0 Å². The topological polar surface area (TPSA) is 52.3 Å². The van der Waals surface area contributed by atoms with Gasteiger partial charge >= 0.3 is 0 Å². The first kappa shape index (κ1) is 39.8. The Morgan fingerprint density at radius 1 is 0.729 bits per heavy atom. The molecule has 4 aliphatic carbocycles. The number of allylic oxidation sites excluding steroid dienone is 1. The molecule has 0 aromatic rings. The number of rotatable bonds is 23. The van der Waals surface area contributed by atoms with Crippen molar-refractivity contribution in [3.05, 3.63) is 11.8 Å². The van der Waals surface area contributed by atoms with Crippen molar-refractivity contribution in [1.82, 2.24) is 0 Å². The van der Waals surface area contributed by atoms with E-state index in [1.165, 1.54) is 166 Å². The van der Waals surface area contributed by atoms with Gasteiger partial charge in [-0.25, -0.2) is 0 Å². The van der Waals surface area contributed by atoms with Crippen LogP contribution < -0.4 is 5.73 Å². The first-order chi connectivity index (χ1) is 23.2. The second-order valence-electron chi connectivity index (χ2n) is 18.4. The number of carbonyl (C=O) groups excluding carboxylic acids is 1. The molecular weight excluding hydrogens is 587 g/mol. The molecule has 4 fully saturated rings. The molecule has 0 aliphatic heterocycles. The average molecular weight is 668 g/mol. The number of carbonyl (C=O) groups is 1. The lowest BCUT2D eigenvalue weighted by atomic mass is 9.44. The summed E-state index contributed by atoms with van der Waals surface area (Å²) < 4.78 is 5.98. The zero-order chi connectivity index (χ0) is 34.4. The zero-order valence-corrected chi connectivity index (χ0v) is 32.8. The summed E-state index contributed by atoms with van der Waals surface area (Å²) in [5.41, 5.74) is 8.21. The van der Waals surface area contributed by atoms with Crippen LogP contribution in [0.15, 0.2) is 11.8 Å². The molecule has 3 nitrogen and oxygen atoms in total. The summed E-state index contributed by atoms with van der Waals surface area (Å²) in [5.74, 6) is 5.39. The van der Waals surface area contributed by atoms with Crippen molar-refractivity contribution in [3.63, 3.8) is 0 Å². The summed E-state index contributed by atoms with van der Waals surface area (Å²) in [5, 5.41) is 0. The zero-order valence-electron chi connectivity index (χ0n) is 32.8. The molecule has 9 atom stereocenters. The maximum Gasteiger partial charge on any atom is 0.258 e. The maximum absolute atomic E-state index is 12.1. The third-order valence-corrected chi connectivity index (χ3v) is 15.1. The Kier molecular flexibility index (Phi) is 16.7. The van der Waals surface area contributed by atoms with Gasteiger partial charge in [0.15, 0.2) is 6.10 Å². The van der Waals surface area contributed by atoms with E-state index in [1.807, 2.05) is 6.26 Å². The number of amides is 1. The van der Waals surface area contributed by atoms with Crippen molar-refractivity contribution in [2.45, 2.75) is 221 Å². The van der Waals surface area contributed by atoms with Gasteiger partial charge in [-0.1, -0.05) is 130 Å². The lowest BCUT2D eigenvalue weighted by Crippen LogP contribution is -2.53. The quantitative estimate of drug-likeness (QED) is 0.0871. The SMILES string of the molecule is CCCCCCCCCCCCCCCCC(OC=C(C)CCC[C@@H](C)[C@H]1CC[C@H]2[C@@H]3CCC4CCCC[C@]4(C)[C@H]3CC[C@]12C)C(N)=O. The fourth-order valence-electron chi connectivity index (χ4n) is 12.2. The molecule has 4 aliphatic rings. The summed E-state index contributed by atoms with van der Waals surface area (Å²) in [6, 6.07) is 0. The summed E-state index contributed by atoms with van der Waals surface area (Å²) in [7, 11) is 0. The average Bonchev–Trinajstić information content (AvgIpc) is 3.43. The molecule has 0 radical (unpaired) electrons. The van der Waals surface area contributed by atoms with Gasteiger partial charge in [-0.15, -0.1) is 0 Å². The lowest BCUT2D eigenvalue weighted by Gasteiger charge is -2.61. The Balaban J connectivity index is 1.08. The molecule has 48 heavy (non-hydrogen) atoms. The van der Waals surface area contributed by atoms with E-state index in [0.29, 0.717) is 10.8 Å². The molecule has 0 bridgehead atoms. The molecule has 2 unspecified atom stereocenters. The number of nitrogens with two attached hydrogens (primary N) is 1. The fraction of sp³-hybridized carbons (Fsp3) is 0.933. The molecule has 1 amide bonds. The van der Waals surface area contributed by atoms with Gasteiger partial charge in [-0.2, -0.15) is 0 Å². The van der Waals surface area contributed by atoms with Crippen molar-refractivity contribution >= 4 is 5.91 Å². The van der Waals surface area contributed by atoms with Gasteiger partial charge in [0, 0.05) is 0 Å². The molecule has 0 heterocycles. The Morgan fingerprint density at radius 3 is 2.00 bits per heavy atom. The number of ether oxygens (including phenoxy) is 1. The minimum atomic E-state index is -0.479. The fourth-order valence-corrected chi connectivity index (χ4v) is 12.2. The minimum Gasteiger partial charge on any atom is -0.488 e. The highest BCUT2D eigenvalue weighted by molar-refractivity contribution is 5.78. The minimum absolute atomic E-state index is 0.313. The van der Waals surface area contributed by atoms with Gasteiger partial charge in [0.05, 0.1) is 6.26 Å². The third kappa shape index (κ3) is 10.8. The largest absolute Gasteiger partial charge is 0.488 e. The highest BCUT2D eigenvalue weighted by atomic mass is 16.5. The highest BCUT2D eigenvalue weighted by Crippen LogP contribution is 2.68. The Labute approximate surface area is 299 Å². The molecule has 278 valence electrons. The van der Waals surface area contributed by atoms with Crippen molar-refractivity contribution in [2.24, 2.45) is 52.1 Å². The van der Waals surface area contributed by atoms with E-state index in [-0.39, 0.29) is 5.91 Å². The van der Waals surface area contributed by atoms with Crippen LogP contribution in [0.4, 0.5) is 0 Å². The molecule has 4 rings (SSSR count). The first-order valence-corrected chi connectivity index (χ1v) is 21.8. The summed E-state index contributed by atoms with van der Waals surface area (Å²) in [6.07, 6.45) is 39.5. The lowest BCUT2D eigenvalue weighted by molar-refractivity contribution is -0.126. The van der Waals surface area contributed by atoms with E-state index < -0.39 is 6.10 Å². The number of hydrogen-bond acceptors (Lipinski definition) is 2. The van der Waals surface area contributed by atoms with Crippen LogP contribution in [0.25, 0.3) is 0 Å². The second kappa shape index (κ2) is 20.2. The van der Waals surface area contributed by atoms with E-state index in [0.717, 1.165) is 54.8 Å². The van der Waals surface area contributed by atoms with Gasteiger partial charge in [0.25, 0.3) is 5.91 Å². The predicted molar refractivity (Wildman–Crippen MR) is 206 cm³/mol. The maximum atomic E-state index is 12.1. The van der Waals surface area contributed by atoms with Crippen LogP contribution in [0, 0.1) is 46.3 Å². The van der Waals surface area contributed by atoms with Crippen molar-refractivity contribution in [3.8, 4) is 0 Å². The molecular formula is C45H81NO2.